The Bertz CT molecular complexity index is 1080. The molecule has 8 nitrogen and oxygen atoms in total. The van der Waals surface area contributed by atoms with Crippen molar-refractivity contribution in [2.45, 2.75) is 39.4 Å². The Kier molecular flexibility index (Phi) is 7.44. The Morgan fingerprint density at radius 3 is 2.58 bits per heavy atom. The minimum atomic E-state index is 0.630. The fourth-order valence-corrected chi connectivity index (χ4v) is 4.11. The molecule has 0 saturated carbocycles. The molecule has 0 amide bonds. The molecule has 1 aliphatic heterocycles. The molecule has 1 N–H and O–H groups in total. The van der Waals surface area contributed by atoms with Gasteiger partial charge in [0.15, 0.2) is 17.5 Å². The average Bonchev–Trinajstić information content (AvgIpc) is 3.33. The Morgan fingerprint density at radius 2 is 1.85 bits per heavy atom. The lowest BCUT2D eigenvalue weighted by Gasteiger charge is -2.32. The summed E-state index contributed by atoms with van der Waals surface area (Å²) in [6, 6.07) is 14.5. The van der Waals surface area contributed by atoms with Gasteiger partial charge >= 0.3 is 0 Å². The van der Waals surface area contributed by atoms with Crippen molar-refractivity contribution < 1.29 is 9.47 Å². The zero-order chi connectivity index (χ0) is 23.0. The minimum absolute atomic E-state index is 0.630. The molecule has 3 aromatic rings. The predicted octanol–water partition coefficient (Wildman–Crippen LogP) is 3.06. The van der Waals surface area contributed by atoms with Gasteiger partial charge in [-0.1, -0.05) is 37.3 Å². The van der Waals surface area contributed by atoms with Crippen LogP contribution in [0.2, 0.25) is 0 Å². The summed E-state index contributed by atoms with van der Waals surface area (Å²) in [6.07, 6.45) is 3.58. The number of nitrogens with zero attached hydrogens (tertiary/aromatic N) is 5. The first-order valence-corrected chi connectivity index (χ1v) is 11.4. The van der Waals surface area contributed by atoms with Crippen LogP contribution in [0.3, 0.4) is 0 Å². The largest absolute Gasteiger partial charge is 0.493 e. The standard InChI is InChI=1S/C25H32N6O2/c1-4-24-29-28-18-31(24)13-11-26-25(27-16-19-8-6-5-7-9-19)30-12-10-20-14-22(32-2)23(33-3)15-21(20)17-30/h5-9,14-15,18H,4,10-13,16-17H2,1-3H3,(H,26,27). The van der Waals surface area contributed by atoms with Crippen LogP contribution in [-0.2, 0) is 32.5 Å². The number of aromatic nitrogens is 3. The molecular weight excluding hydrogens is 416 g/mol. The fourth-order valence-electron chi connectivity index (χ4n) is 4.11. The summed E-state index contributed by atoms with van der Waals surface area (Å²) < 4.78 is 13.1. The SMILES string of the molecule is CCc1nncn1CCNC(=NCc1ccccc1)N1CCc2cc(OC)c(OC)cc2C1. The molecule has 0 radical (unpaired) electrons. The first-order chi connectivity index (χ1) is 16.2. The zero-order valence-corrected chi connectivity index (χ0v) is 19.6. The van der Waals surface area contributed by atoms with Crippen molar-refractivity contribution in [3.63, 3.8) is 0 Å². The number of benzene rings is 2. The summed E-state index contributed by atoms with van der Waals surface area (Å²) in [6.45, 7) is 5.91. The number of methoxy groups -OCH3 is 2. The third kappa shape index (κ3) is 5.45. The number of fused-ring (bicyclic) bond motifs is 1. The van der Waals surface area contributed by atoms with Crippen LogP contribution in [0.5, 0.6) is 11.5 Å². The highest BCUT2D eigenvalue weighted by molar-refractivity contribution is 5.80. The Morgan fingerprint density at radius 1 is 1.09 bits per heavy atom. The Labute approximate surface area is 195 Å². The van der Waals surface area contributed by atoms with E-state index < -0.39 is 0 Å². The molecular formula is C25H32N6O2. The maximum Gasteiger partial charge on any atom is 0.194 e. The van der Waals surface area contributed by atoms with E-state index in [4.69, 9.17) is 14.5 Å². The second-order valence-electron chi connectivity index (χ2n) is 7.99. The minimum Gasteiger partial charge on any atom is -0.493 e. The van der Waals surface area contributed by atoms with E-state index in [9.17, 15) is 0 Å². The third-order valence-corrected chi connectivity index (χ3v) is 5.92. The van der Waals surface area contributed by atoms with E-state index in [2.05, 4.69) is 56.2 Å². The molecule has 174 valence electrons. The number of aliphatic imine (C=N–C) groups is 1. The van der Waals surface area contributed by atoms with Crippen molar-refractivity contribution in [2.75, 3.05) is 27.3 Å². The van der Waals surface area contributed by atoms with E-state index in [1.807, 2.05) is 18.2 Å². The first-order valence-electron chi connectivity index (χ1n) is 11.4. The van der Waals surface area contributed by atoms with Crippen LogP contribution in [0.1, 0.15) is 29.4 Å². The summed E-state index contributed by atoms with van der Waals surface area (Å²) in [5, 5.41) is 11.8. The van der Waals surface area contributed by atoms with Gasteiger partial charge in [-0.25, -0.2) is 4.99 Å². The van der Waals surface area contributed by atoms with Gasteiger partial charge in [-0.15, -0.1) is 10.2 Å². The van der Waals surface area contributed by atoms with Crippen LogP contribution in [-0.4, -0.2) is 52.9 Å². The second kappa shape index (κ2) is 10.8. The van der Waals surface area contributed by atoms with Crippen molar-refractivity contribution in [3.05, 3.63) is 71.3 Å². The molecule has 8 heteroatoms. The van der Waals surface area contributed by atoms with Gasteiger partial charge in [0, 0.05) is 32.6 Å². The maximum absolute atomic E-state index is 5.53. The Balaban J connectivity index is 1.51. The number of rotatable bonds is 8. The van der Waals surface area contributed by atoms with Crippen LogP contribution >= 0.6 is 0 Å². The van der Waals surface area contributed by atoms with Crippen molar-refractivity contribution in [2.24, 2.45) is 4.99 Å². The van der Waals surface area contributed by atoms with Gasteiger partial charge in [-0.2, -0.15) is 0 Å². The third-order valence-electron chi connectivity index (χ3n) is 5.92. The Hall–Kier alpha value is -3.55. The fraction of sp³-hybridized carbons (Fsp3) is 0.400. The van der Waals surface area contributed by atoms with Gasteiger partial charge < -0.3 is 24.3 Å². The highest BCUT2D eigenvalue weighted by Crippen LogP contribution is 2.33. The van der Waals surface area contributed by atoms with Crippen LogP contribution in [0, 0.1) is 0 Å². The molecule has 2 heterocycles. The molecule has 0 spiro atoms. The topological polar surface area (TPSA) is 76.8 Å². The summed E-state index contributed by atoms with van der Waals surface area (Å²) in [7, 11) is 3.35. The molecule has 0 atom stereocenters. The molecule has 0 fully saturated rings. The number of nitrogens with one attached hydrogen (secondary N) is 1. The molecule has 1 aliphatic rings. The lowest BCUT2D eigenvalue weighted by Crippen LogP contribution is -2.45. The zero-order valence-electron chi connectivity index (χ0n) is 19.6. The first kappa shape index (κ1) is 22.6. The smallest absolute Gasteiger partial charge is 0.194 e. The second-order valence-corrected chi connectivity index (χ2v) is 7.99. The monoisotopic (exact) mass is 448 g/mol. The summed E-state index contributed by atoms with van der Waals surface area (Å²) in [4.78, 5) is 7.27. The van der Waals surface area contributed by atoms with Gasteiger partial charge in [-0.3, -0.25) is 0 Å². The highest BCUT2D eigenvalue weighted by atomic mass is 16.5. The van der Waals surface area contributed by atoms with Crippen LogP contribution in [0.15, 0.2) is 53.8 Å². The van der Waals surface area contributed by atoms with E-state index in [1.165, 1.54) is 16.7 Å². The maximum atomic E-state index is 5.53. The number of aryl methyl sites for hydroxylation is 1. The van der Waals surface area contributed by atoms with Crippen molar-refractivity contribution in [3.8, 4) is 11.5 Å². The lowest BCUT2D eigenvalue weighted by atomic mass is 9.99. The van der Waals surface area contributed by atoms with E-state index in [-0.39, 0.29) is 0 Å². The molecule has 0 unspecified atom stereocenters. The molecule has 1 aromatic heterocycles. The summed E-state index contributed by atoms with van der Waals surface area (Å²) >= 11 is 0. The summed E-state index contributed by atoms with van der Waals surface area (Å²) in [5.41, 5.74) is 3.72. The van der Waals surface area contributed by atoms with E-state index in [0.717, 1.165) is 62.3 Å². The van der Waals surface area contributed by atoms with Crippen LogP contribution < -0.4 is 14.8 Å². The molecule has 33 heavy (non-hydrogen) atoms. The quantitative estimate of drug-likeness (QED) is 0.422. The molecule has 0 saturated heterocycles. The molecule has 2 aromatic carbocycles. The molecule has 4 rings (SSSR count). The van der Waals surface area contributed by atoms with Gasteiger partial charge in [0.1, 0.15) is 12.2 Å². The van der Waals surface area contributed by atoms with Crippen molar-refractivity contribution >= 4 is 5.96 Å². The van der Waals surface area contributed by atoms with Crippen LogP contribution in [0.4, 0.5) is 0 Å². The number of hydrogen-bond donors (Lipinski definition) is 1. The van der Waals surface area contributed by atoms with Gasteiger partial charge in [0.2, 0.25) is 0 Å². The van der Waals surface area contributed by atoms with Crippen LogP contribution in [0.25, 0.3) is 0 Å². The number of guanidine groups is 1. The highest BCUT2D eigenvalue weighted by Gasteiger charge is 2.22. The molecule has 0 aliphatic carbocycles. The van der Waals surface area contributed by atoms with Crippen molar-refractivity contribution in [1.82, 2.24) is 25.0 Å². The normalized spacial score (nSPS) is 13.5. The van der Waals surface area contributed by atoms with E-state index in [1.54, 1.807) is 20.5 Å². The number of ether oxygens (including phenoxy) is 2. The van der Waals surface area contributed by atoms with E-state index in [0.29, 0.717) is 6.54 Å². The van der Waals surface area contributed by atoms with Gasteiger partial charge in [0.05, 0.1) is 20.8 Å². The molecule has 0 bridgehead atoms. The van der Waals surface area contributed by atoms with Gasteiger partial charge in [0.25, 0.3) is 0 Å². The van der Waals surface area contributed by atoms with Gasteiger partial charge in [-0.05, 0) is 35.2 Å². The lowest BCUT2D eigenvalue weighted by molar-refractivity contribution is 0.345. The van der Waals surface area contributed by atoms with E-state index >= 15 is 0 Å². The average molecular weight is 449 g/mol. The predicted molar refractivity (Wildman–Crippen MR) is 129 cm³/mol. The van der Waals surface area contributed by atoms with Crippen molar-refractivity contribution in [1.29, 1.82) is 0 Å². The summed E-state index contributed by atoms with van der Waals surface area (Å²) in [5.74, 6) is 3.44. The number of hydrogen-bond acceptors (Lipinski definition) is 5.